The first-order valence-electron chi connectivity index (χ1n) is 12.7. The van der Waals surface area contributed by atoms with Gasteiger partial charge in [-0.1, -0.05) is 12.1 Å². The number of carbonyl (C=O) groups is 2. The van der Waals surface area contributed by atoms with Crippen LogP contribution in [-0.4, -0.2) is 69.3 Å². The lowest BCUT2D eigenvalue weighted by Crippen LogP contribution is -2.39. The first-order valence-corrected chi connectivity index (χ1v) is 13.5. The van der Waals surface area contributed by atoms with Crippen molar-refractivity contribution in [3.05, 3.63) is 69.8 Å². The third kappa shape index (κ3) is 6.31. The summed E-state index contributed by atoms with van der Waals surface area (Å²) in [6.07, 6.45) is -6.02. The molecule has 1 aromatic heterocycles. The molecule has 1 fully saturated rings. The predicted molar refractivity (Wildman–Crippen MR) is 145 cm³/mol. The highest BCUT2D eigenvalue weighted by Gasteiger charge is 2.38. The molecule has 15 heteroatoms. The van der Waals surface area contributed by atoms with Gasteiger partial charge in [0.1, 0.15) is 0 Å². The van der Waals surface area contributed by atoms with E-state index in [2.05, 4.69) is 10.1 Å². The molecule has 0 saturated carbocycles. The molecule has 1 atom stereocenters. The topological polar surface area (TPSA) is 96.8 Å². The summed E-state index contributed by atoms with van der Waals surface area (Å²) >= 11 is 1.21. The van der Waals surface area contributed by atoms with Crippen molar-refractivity contribution in [1.29, 1.82) is 0 Å². The van der Waals surface area contributed by atoms with Gasteiger partial charge in [0.2, 0.25) is 5.91 Å². The van der Waals surface area contributed by atoms with Gasteiger partial charge in [0.15, 0.2) is 5.17 Å². The van der Waals surface area contributed by atoms with Gasteiger partial charge in [0.25, 0.3) is 5.91 Å². The van der Waals surface area contributed by atoms with Crippen LogP contribution < -0.4 is 5.73 Å². The number of alkyl halides is 6. The Hall–Kier alpha value is -3.85. The van der Waals surface area contributed by atoms with Gasteiger partial charge in [-0.15, -0.1) is 0 Å². The third-order valence-corrected chi connectivity index (χ3v) is 8.19. The second-order valence-electron chi connectivity index (χ2n) is 10.1. The molecule has 1 saturated heterocycles. The quantitative estimate of drug-likeness (QED) is 0.324. The lowest BCUT2D eigenvalue weighted by molar-refractivity contribution is -0.143. The maximum absolute atomic E-state index is 13.6. The number of hydrogen-bond donors (Lipinski definition) is 1. The summed E-state index contributed by atoms with van der Waals surface area (Å²) in [4.78, 5) is 32.3. The normalized spacial score (nSPS) is 19.2. The van der Waals surface area contributed by atoms with E-state index < -0.39 is 41.8 Å². The zero-order valence-corrected chi connectivity index (χ0v) is 22.9. The minimum atomic E-state index is -4.99. The summed E-state index contributed by atoms with van der Waals surface area (Å²) in [7, 11) is 1.84. The summed E-state index contributed by atoms with van der Waals surface area (Å²) in [5.41, 5.74) is 3.27. The number of aromatic nitrogens is 2. The molecular formula is C27H24F6N6O2S. The number of halogens is 6. The number of primary amides is 1. The van der Waals surface area contributed by atoms with Crippen LogP contribution >= 0.6 is 11.8 Å². The number of nitrogens with two attached hydrogens (primary N) is 1. The molecule has 2 aliphatic heterocycles. The molecule has 222 valence electrons. The van der Waals surface area contributed by atoms with Gasteiger partial charge in [-0.05, 0) is 59.7 Å². The summed E-state index contributed by atoms with van der Waals surface area (Å²) in [5.74, 6) is -0.814. The minimum Gasteiger partial charge on any atom is -0.369 e. The Labute approximate surface area is 239 Å². The van der Waals surface area contributed by atoms with E-state index in [1.165, 1.54) is 22.6 Å². The maximum Gasteiger partial charge on any atom is 0.416 e. The molecule has 0 radical (unpaired) electrons. The predicted octanol–water partition coefficient (Wildman–Crippen LogP) is 4.58. The van der Waals surface area contributed by atoms with Gasteiger partial charge in [-0.25, -0.2) is 0 Å². The molecule has 0 aliphatic carbocycles. The lowest BCUT2D eigenvalue weighted by Gasteiger charge is -2.25. The fourth-order valence-corrected chi connectivity index (χ4v) is 5.93. The van der Waals surface area contributed by atoms with Crippen LogP contribution in [-0.2, 0) is 28.5 Å². The van der Waals surface area contributed by atoms with E-state index in [4.69, 9.17) is 5.73 Å². The van der Waals surface area contributed by atoms with Gasteiger partial charge < -0.3 is 10.6 Å². The minimum absolute atomic E-state index is 0.0625. The maximum atomic E-state index is 13.6. The van der Waals surface area contributed by atoms with Crippen molar-refractivity contribution in [3.8, 4) is 0 Å². The van der Waals surface area contributed by atoms with E-state index in [0.717, 1.165) is 12.5 Å². The SMILES string of the molecule is CN(C1=NC(=O)/C(=C/c2ccc3c(cnn3Cc3ccc(C(F)(F)F)cc3C(F)(F)F)c2)S1)C1CCN(CC(N)=O)C1. The highest BCUT2D eigenvalue weighted by atomic mass is 32.2. The molecule has 1 unspecified atom stereocenters. The number of carbonyl (C=O) groups excluding carboxylic acids is 2. The van der Waals surface area contributed by atoms with Crippen molar-refractivity contribution < 1.29 is 35.9 Å². The fourth-order valence-electron chi connectivity index (χ4n) is 4.99. The van der Waals surface area contributed by atoms with Crippen LogP contribution in [0.1, 0.15) is 28.7 Å². The summed E-state index contributed by atoms with van der Waals surface area (Å²) in [6.45, 7) is 1.09. The van der Waals surface area contributed by atoms with Crippen molar-refractivity contribution >= 4 is 45.7 Å². The van der Waals surface area contributed by atoms with E-state index >= 15 is 0 Å². The van der Waals surface area contributed by atoms with Gasteiger partial charge in [-0.3, -0.25) is 19.2 Å². The van der Waals surface area contributed by atoms with E-state index in [-0.39, 0.29) is 24.2 Å². The number of aliphatic imine (C=N–C) groups is 1. The Morgan fingerprint density at radius 2 is 1.90 bits per heavy atom. The monoisotopic (exact) mass is 610 g/mol. The third-order valence-electron chi connectivity index (χ3n) is 7.11. The summed E-state index contributed by atoms with van der Waals surface area (Å²) in [6, 6.07) is 6.60. The molecule has 2 aliphatic rings. The Balaban J connectivity index is 1.32. The average Bonchev–Trinajstić information content (AvgIpc) is 3.61. The van der Waals surface area contributed by atoms with Crippen molar-refractivity contribution in [2.24, 2.45) is 10.7 Å². The van der Waals surface area contributed by atoms with E-state index in [9.17, 15) is 35.9 Å². The molecule has 2 aromatic carbocycles. The molecule has 3 aromatic rings. The van der Waals surface area contributed by atoms with Gasteiger partial charge in [-0.2, -0.15) is 36.4 Å². The van der Waals surface area contributed by atoms with Crippen LogP contribution in [0.3, 0.4) is 0 Å². The largest absolute Gasteiger partial charge is 0.416 e. The number of fused-ring (bicyclic) bond motifs is 1. The number of thioether (sulfide) groups is 1. The number of nitrogens with zero attached hydrogens (tertiary/aromatic N) is 5. The van der Waals surface area contributed by atoms with E-state index in [1.807, 2.05) is 16.8 Å². The van der Waals surface area contributed by atoms with Crippen molar-refractivity contribution in [2.75, 3.05) is 26.7 Å². The number of amidine groups is 1. The molecule has 3 heterocycles. The van der Waals surface area contributed by atoms with Crippen molar-refractivity contribution in [2.45, 2.75) is 31.4 Å². The molecule has 2 N–H and O–H groups in total. The zero-order chi connectivity index (χ0) is 30.4. The molecule has 8 nitrogen and oxygen atoms in total. The van der Waals surface area contributed by atoms with Gasteiger partial charge in [0, 0.05) is 31.6 Å². The second-order valence-corrected chi connectivity index (χ2v) is 11.1. The highest BCUT2D eigenvalue weighted by Crippen LogP contribution is 2.38. The smallest absolute Gasteiger partial charge is 0.369 e. The summed E-state index contributed by atoms with van der Waals surface area (Å²) < 4.78 is 81.2. The van der Waals surface area contributed by atoms with Crippen molar-refractivity contribution in [1.82, 2.24) is 19.6 Å². The lowest BCUT2D eigenvalue weighted by atomic mass is 10.0. The fraction of sp³-hybridized carbons (Fsp3) is 0.333. The molecule has 0 bridgehead atoms. The molecule has 5 rings (SSSR count). The van der Waals surface area contributed by atoms with Crippen LogP contribution in [0.5, 0.6) is 0 Å². The van der Waals surface area contributed by atoms with Crippen LogP contribution in [0.4, 0.5) is 26.3 Å². The average molecular weight is 611 g/mol. The molecule has 2 amide bonds. The Morgan fingerprint density at radius 1 is 1.14 bits per heavy atom. The van der Waals surface area contributed by atoms with E-state index in [1.54, 1.807) is 24.3 Å². The molecule has 0 spiro atoms. The van der Waals surface area contributed by atoms with Gasteiger partial charge in [0.05, 0.1) is 40.8 Å². The highest BCUT2D eigenvalue weighted by molar-refractivity contribution is 8.18. The molecule has 42 heavy (non-hydrogen) atoms. The number of benzene rings is 2. The number of likely N-dealkylation sites (tertiary alicyclic amines) is 1. The Morgan fingerprint density at radius 3 is 2.60 bits per heavy atom. The number of likely N-dealkylation sites (N-methyl/N-ethyl adjacent to an activating group) is 1. The number of rotatable bonds is 6. The molecular weight excluding hydrogens is 586 g/mol. The van der Waals surface area contributed by atoms with Crippen LogP contribution in [0.2, 0.25) is 0 Å². The summed E-state index contributed by atoms with van der Waals surface area (Å²) in [5, 5.41) is 5.25. The Bertz CT molecular complexity index is 1610. The van der Waals surface area contributed by atoms with Crippen LogP contribution in [0, 0.1) is 0 Å². The zero-order valence-electron chi connectivity index (χ0n) is 22.0. The van der Waals surface area contributed by atoms with Crippen molar-refractivity contribution in [3.63, 3.8) is 0 Å². The van der Waals surface area contributed by atoms with Crippen LogP contribution in [0.15, 0.2) is 52.5 Å². The first-order chi connectivity index (χ1) is 19.7. The first kappa shape index (κ1) is 29.6. The van der Waals surface area contributed by atoms with E-state index in [0.29, 0.717) is 45.7 Å². The second kappa shape index (κ2) is 11.1. The van der Waals surface area contributed by atoms with Crippen LogP contribution in [0.25, 0.3) is 17.0 Å². The number of hydrogen-bond acceptors (Lipinski definition) is 6. The standard InChI is InChI=1S/C27H24F6N6O2S/c1-37(19-6-7-38(13-19)14-23(34)40)25-36-24(41)22(42-25)9-15-2-5-21-17(8-15)11-35-39(21)12-16-3-4-18(26(28,29)30)10-20(16)27(31,32)33/h2-5,8-11,19H,6-7,12-14H2,1H3,(H2,34,40)/b22-9-. The van der Waals surface area contributed by atoms with Gasteiger partial charge >= 0.3 is 12.4 Å². The Kier molecular flexibility index (Phi) is 7.83. The number of amides is 2.